The fraction of sp³-hybridized carbons (Fsp3) is 0.300. The number of nitrogens with one attached hydrogen (secondary N) is 1. The van der Waals surface area contributed by atoms with Crippen LogP contribution in [0.3, 0.4) is 0 Å². The van der Waals surface area contributed by atoms with E-state index in [1.54, 1.807) is 23.1 Å². The first kappa shape index (κ1) is 17.8. The standard InChI is InChI=1S/C20H22N2O4/c1-2-22-17-11-10-15(13-18(17)26-14-20(22)24)21-19(23)9-6-12-25-16-7-4-3-5-8-16/h3-5,7-8,10-11,13H,2,6,9,12,14H2,1H3,(H,21,23). The number of hydrogen-bond acceptors (Lipinski definition) is 4. The third-order valence-electron chi connectivity index (χ3n) is 4.06. The van der Waals surface area contributed by atoms with Crippen molar-refractivity contribution in [2.75, 3.05) is 30.0 Å². The lowest BCUT2D eigenvalue weighted by molar-refractivity contribution is -0.121. The van der Waals surface area contributed by atoms with Crippen LogP contribution >= 0.6 is 0 Å². The van der Waals surface area contributed by atoms with Gasteiger partial charge in [0, 0.05) is 24.7 Å². The molecule has 0 bridgehead atoms. The number of benzene rings is 2. The zero-order valence-electron chi connectivity index (χ0n) is 14.7. The number of hydrogen-bond donors (Lipinski definition) is 1. The second-order valence-electron chi connectivity index (χ2n) is 5.92. The molecule has 6 nitrogen and oxygen atoms in total. The van der Waals surface area contributed by atoms with Crippen LogP contribution in [0, 0.1) is 0 Å². The van der Waals surface area contributed by atoms with Crippen LogP contribution < -0.4 is 19.7 Å². The van der Waals surface area contributed by atoms with Gasteiger partial charge in [0.15, 0.2) is 6.61 Å². The summed E-state index contributed by atoms with van der Waals surface area (Å²) in [6.45, 7) is 3.01. The molecule has 1 aliphatic heterocycles. The van der Waals surface area contributed by atoms with Gasteiger partial charge in [-0.1, -0.05) is 18.2 Å². The maximum Gasteiger partial charge on any atom is 0.265 e. The third-order valence-corrected chi connectivity index (χ3v) is 4.06. The van der Waals surface area contributed by atoms with Crippen LogP contribution in [0.1, 0.15) is 19.8 Å². The predicted molar refractivity (Wildman–Crippen MR) is 99.8 cm³/mol. The van der Waals surface area contributed by atoms with Gasteiger partial charge in [-0.3, -0.25) is 9.59 Å². The van der Waals surface area contributed by atoms with Gasteiger partial charge in [-0.15, -0.1) is 0 Å². The van der Waals surface area contributed by atoms with E-state index in [0.29, 0.717) is 37.4 Å². The molecule has 136 valence electrons. The average molecular weight is 354 g/mol. The van der Waals surface area contributed by atoms with Gasteiger partial charge in [-0.2, -0.15) is 0 Å². The molecule has 0 atom stereocenters. The Balaban J connectivity index is 1.49. The van der Waals surface area contributed by atoms with Crippen molar-refractivity contribution in [3.8, 4) is 11.5 Å². The van der Waals surface area contributed by atoms with Crippen molar-refractivity contribution in [2.24, 2.45) is 0 Å². The van der Waals surface area contributed by atoms with Crippen molar-refractivity contribution in [3.63, 3.8) is 0 Å². The summed E-state index contributed by atoms with van der Waals surface area (Å²) in [7, 11) is 0. The van der Waals surface area contributed by atoms with Gasteiger partial charge in [0.1, 0.15) is 11.5 Å². The number of carbonyl (C=O) groups excluding carboxylic acids is 2. The van der Waals surface area contributed by atoms with E-state index in [1.807, 2.05) is 37.3 Å². The van der Waals surface area contributed by atoms with E-state index in [0.717, 1.165) is 11.4 Å². The minimum atomic E-state index is -0.0826. The molecule has 3 rings (SSSR count). The summed E-state index contributed by atoms with van der Waals surface area (Å²) in [6, 6.07) is 14.8. The highest BCUT2D eigenvalue weighted by molar-refractivity contribution is 5.99. The molecule has 0 fully saturated rings. The minimum Gasteiger partial charge on any atom is -0.494 e. The number of ether oxygens (including phenoxy) is 2. The Bertz CT molecular complexity index is 777. The van der Waals surface area contributed by atoms with Crippen molar-refractivity contribution in [3.05, 3.63) is 48.5 Å². The molecule has 0 saturated heterocycles. The summed E-state index contributed by atoms with van der Waals surface area (Å²) < 4.78 is 11.1. The minimum absolute atomic E-state index is 0.0229. The SMILES string of the molecule is CCN1C(=O)COc2cc(NC(=O)CCCOc3ccccc3)ccc21. The Labute approximate surface area is 152 Å². The number of amides is 2. The predicted octanol–water partition coefficient (Wildman–Crippen LogP) is 3.23. The molecule has 2 amide bonds. The molecular weight excluding hydrogens is 332 g/mol. The lowest BCUT2D eigenvalue weighted by Crippen LogP contribution is -2.38. The summed E-state index contributed by atoms with van der Waals surface area (Å²) in [4.78, 5) is 25.6. The van der Waals surface area contributed by atoms with Gasteiger partial charge in [0.25, 0.3) is 5.91 Å². The van der Waals surface area contributed by atoms with Gasteiger partial charge in [0.2, 0.25) is 5.91 Å². The van der Waals surface area contributed by atoms with Gasteiger partial charge < -0.3 is 19.7 Å². The van der Waals surface area contributed by atoms with Crippen LogP contribution in [0.2, 0.25) is 0 Å². The fourth-order valence-corrected chi connectivity index (χ4v) is 2.79. The normalized spacial score (nSPS) is 13.0. The van der Waals surface area contributed by atoms with Crippen LogP contribution in [0.15, 0.2) is 48.5 Å². The van der Waals surface area contributed by atoms with Crippen LogP contribution in [-0.2, 0) is 9.59 Å². The molecule has 1 heterocycles. The van der Waals surface area contributed by atoms with E-state index < -0.39 is 0 Å². The first-order chi connectivity index (χ1) is 12.7. The zero-order valence-corrected chi connectivity index (χ0v) is 14.7. The number of nitrogens with zero attached hydrogens (tertiary/aromatic N) is 1. The molecule has 1 aliphatic rings. The first-order valence-corrected chi connectivity index (χ1v) is 8.72. The highest BCUT2D eigenvalue weighted by atomic mass is 16.5. The number of likely N-dealkylation sites (N-methyl/N-ethyl adjacent to an activating group) is 1. The van der Waals surface area contributed by atoms with E-state index in [2.05, 4.69) is 5.32 Å². The molecule has 0 spiro atoms. The van der Waals surface area contributed by atoms with Crippen LogP contribution in [0.25, 0.3) is 0 Å². The number of rotatable bonds is 7. The Kier molecular flexibility index (Phi) is 5.73. The van der Waals surface area contributed by atoms with E-state index in [-0.39, 0.29) is 18.4 Å². The number of para-hydroxylation sites is 1. The quantitative estimate of drug-likeness (QED) is 0.775. The topological polar surface area (TPSA) is 67.9 Å². The fourth-order valence-electron chi connectivity index (χ4n) is 2.79. The van der Waals surface area contributed by atoms with Crippen molar-refractivity contribution in [1.82, 2.24) is 0 Å². The van der Waals surface area contributed by atoms with Gasteiger partial charge in [-0.05, 0) is 37.6 Å². The molecule has 6 heteroatoms. The van der Waals surface area contributed by atoms with E-state index in [1.165, 1.54) is 0 Å². The molecule has 26 heavy (non-hydrogen) atoms. The van der Waals surface area contributed by atoms with Gasteiger partial charge in [-0.25, -0.2) is 0 Å². The van der Waals surface area contributed by atoms with E-state index in [4.69, 9.17) is 9.47 Å². The third kappa shape index (κ3) is 4.33. The summed E-state index contributed by atoms with van der Waals surface area (Å²) in [5, 5.41) is 2.86. The highest BCUT2D eigenvalue weighted by Crippen LogP contribution is 2.34. The molecule has 0 aromatic heterocycles. The first-order valence-electron chi connectivity index (χ1n) is 8.72. The molecular formula is C20H22N2O4. The van der Waals surface area contributed by atoms with Gasteiger partial charge >= 0.3 is 0 Å². The second-order valence-corrected chi connectivity index (χ2v) is 5.92. The van der Waals surface area contributed by atoms with Crippen molar-refractivity contribution in [2.45, 2.75) is 19.8 Å². The molecule has 0 aliphatic carbocycles. The molecule has 2 aromatic rings. The Morgan fingerprint density at radius 3 is 2.81 bits per heavy atom. The molecule has 2 aromatic carbocycles. The van der Waals surface area contributed by atoms with Crippen LogP contribution in [0.5, 0.6) is 11.5 Å². The maximum atomic E-state index is 12.1. The van der Waals surface area contributed by atoms with E-state index in [9.17, 15) is 9.59 Å². The van der Waals surface area contributed by atoms with Crippen molar-refractivity contribution >= 4 is 23.2 Å². The van der Waals surface area contributed by atoms with Crippen molar-refractivity contribution < 1.29 is 19.1 Å². The summed E-state index contributed by atoms with van der Waals surface area (Å²) in [6.07, 6.45) is 0.991. The van der Waals surface area contributed by atoms with Crippen LogP contribution in [0.4, 0.5) is 11.4 Å². The second kappa shape index (κ2) is 8.38. The summed E-state index contributed by atoms with van der Waals surface area (Å²) in [5.41, 5.74) is 1.39. The summed E-state index contributed by atoms with van der Waals surface area (Å²) in [5.74, 6) is 1.27. The molecule has 0 radical (unpaired) electrons. The smallest absolute Gasteiger partial charge is 0.265 e. The monoisotopic (exact) mass is 354 g/mol. The number of anilines is 2. The molecule has 0 unspecified atom stereocenters. The lowest BCUT2D eigenvalue weighted by Gasteiger charge is -2.28. The van der Waals surface area contributed by atoms with Crippen molar-refractivity contribution in [1.29, 1.82) is 0 Å². The summed E-state index contributed by atoms with van der Waals surface area (Å²) >= 11 is 0. The molecule has 0 saturated carbocycles. The van der Waals surface area contributed by atoms with Crippen LogP contribution in [-0.4, -0.2) is 31.6 Å². The molecule has 1 N–H and O–H groups in total. The highest BCUT2D eigenvalue weighted by Gasteiger charge is 2.24. The Hall–Kier alpha value is -3.02. The number of fused-ring (bicyclic) bond motifs is 1. The van der Waals surface area contributed by atoms with Gasteiger partial charge in [0.05, 0.1) is 12.3 Å². The Morgan fingerprint density at radius 2 is 2.04 bits per heavy atom. The largest absolute Gasteiger partial charge is 0.494 e. The van der Waals surface area contributed by atoms with E-state index >= 15 is 0 Å². The Morgan fingerprint density at radius 1 is 1.23 bits per heavy atom. The lowest BCUT2D eigenvalue weighted by atomic mass is 10.2. The zero-order chi connectivity index (χ0) is 18.4. The average Bonchev–Trinajstić information content (AvgIpc) is 2.66. The number of carbonyl (C=O) groups is 2. The maximum absolute atomic E-state index is 12.1.